The number of benzene rings is 1. The molecule has 2 rings (SSSR count). The number of anilines is 1. The zero-order valence-electron chi connectivity index (χ0n) is 11.3. The second-order valence-corrected chi connectivity index (χ2v) is 7.63. The van der Waals surface area contributed by atoms with Gasteiger partial charge in [0, 0.05) is 14.2 Å². The first-order chi connectivity index (χ1) is 9.76. The summed E-state index contributed by atoms with van der Waals surface area (Å²) in [5.41, 5.74) is 0.686. The van der Waals surface area contributed by atoms with E-state index in [4.69, 9.17) is 16.0 Å². The number of furan rings is 1. The van der Waals surface area contributed by atoms with E-state index in [1.54, 1.807) is 32.0 Å². The highest BCUT2D eigenvalue weighted by Crippen LogP contribution is 2.30. The summed E-state index contributed by atoms with van der Waals surface area (Å²) in [4.78, 5) is -0.0201. The van der Waals surface area contributed by atoms with Crippen LogP contribution in [0.15, 0.2) is 27.5 Å². The Balaban J connectivity index is 2.48. The van der Waals surface area contributed by atoms with Crippen molar-refractivity contribution in [1.82, 2.24) is 0 Å². The SMILES string of the molecule is Cc1oc(C)c(S(=O)(=O)Nc2ccc(Cl)cc2I)c1CO. The van der Waals surface area contributed by atoms with Gasteiger partial charge in [0.25, 0.3) is 10.0 Å². The van der Waals surface area contributed by atoms with E-state index >= 15 is 0 Å². The average Bonchev–Trinajstić information content (AvgIpc) is 2.67. The molecule has 0 saturated heterocycles. The van der Waals surface area contributed by atoms with Gasteiger partial charge in [-0.2, -0.15) is 0 Å². The van der Waals surface area contributed by atoms with Gasteiger partial charge in [0.15, 0.2) is 0 Å². The fourth-order valence-electron chi connectivity index (χ4n) is 2.01. The Labute approximate surface area is 141 Å². The molecule has 0 atom stereocenters. The molecule has 5 nitrogen and oxygen atoms in total. The van der Waals surface area contributed by atoms with E-state index in [0.29, 0.717) is 20.0 Å². The third kappa shape index (κ3) is 3.36. The lowest BCUT2D eigenvalue weighted by molar-refractivity contribution is 0.276. The third-order valence-electron chi connectivity index (χ3n) is 2.93. The minimum Gasteiger partial charge on any atom is -0.465 e. The smallest absolute Gasteiger partial charge is 0.265 e. The van der Waals surface area contributed by atoms with Crippen LogP contribution < -0.4 is 4.72 Å². The topological polar surface area (TPSA) is 79.5 Å². The third-order valence-corrected chi connectivity index (χ3v) is 5.61. The predicted molar refractivity (Wildman–Crippen MR) is 89.1 cm³/mol. The second-order valence-electron chi connectivity index (χ2n) is 4.41. The van der Waals surface area contributed by atoms with Crippen LogP contribution in [-0.2, 0) is 16.6 Å². The normalized spacial score (nSPS) is 11.7. The number of rotatable bonds is 4. The number of aliphatic hydroxyl groups excluding tert-OH is 1. The molecule has 0 saturated carbocycles. The summed E-state index contributed by atoms with van der Waals surface area (Å²) in [5.74, 6) is 0.634. The zero-order chi connectivity index (χ0) is 15.8. The number of hydrogen-bond acceptors (Lipinski definition) is 4. The van der Waals surface area contributed by atoms with Crippen LogP contribution in [0.3, 0.4) is 0 Å². The molecule has 8 heteroatoms. The van der Waals surface area contributed by atoms with E-state index < -0.39 is 16.6 Å². The van der Waals surface area contributed by atoms with Gasteiger partial charge in [-0.25, -0.2) is 8.42 Å². The molecule has 21 heavy (non-hydrogen) atoms. The van der Waals surface area contributed by atoms with Gasteiger partial charge in [-0.3, -0.25) is 4.72 Å². The number of sulfonamides is 1. The Morgan fingerprint density at radius 2 is 2.00 bits per heavy atom. The lowest BCUT2D eigenvalue weighted by Crippen LogP contribution is -2.16. The van der Waals surface area contributed by atoms with Gasteiger partial charge in [0.05, 0.1) is 12.3 Å². The molecule has 0 aliphatic carbocycles. The maximum absolute atomic E-state index is 12.5. The second kappa shape index (κ2) is 6.15. The molecule has 2 aromatic rings. The first kappa shape index (κ1) is 16.6. The molecule has 114 valence electrons. The molecule has 2 N–H and O–H groups in total. The molecule has 1 aromatic heterocycles. The number of halogens is 2. The van der Waals surface area contributed by atoms with Crippen LogP contribution in [0.4, 0.5) is 5.69 Å². The van der Waals surface area contributed by atoms with E-state index in [2.05, 4.69) is 4.72 Å². The molecule has 0 fully saturated rings. The van der Waals surface area contributed by atoms with Gasteiger partial charge >= 0.3 is 0 Å². The van der Waals surface area contributed by atoms with Crippen LogP contribution in [0.25, 0.3) is 0 Å². The maximum atomic E-state index is 12.5. The van der Waals surface area contributed by atoms with Crippen LogP contribution in [0.2, 0.25) is 5.02 Å². The molecule has 1 aromatic carbocycles. The lowest BCUT2D eigenvalue weighted by Gasteiger charge is -2.10. The average molecular weight is 442 g/mol. The fraction of sp³-hybridized carbons (Fsp3) is 0.231. The molecule has 0 unspecified atom stereocenters. The number of aryl methyl sites for hydroxylation is 2. The van der Waals surface area contributed by atoms with Crippen molar-refractivity contribution in [1.29, 1.82) is 0 Å². The van der Waals surface area contributed by atoms with E-state index in [0.717, 1.165) is 0 Å². The summed E-state index contributed by atoms with van der Waals surface area (Å²) < 4.78 is 33.5. The summed E-state index contributed by atoms with van der Waals surface area (Å²) in [6.45, 7) is 2.76. The van der Waals surface area contributed by atoms with Crippen molar-refractivity contribution >= 4 is 49.9 Å². The fourth-order valence-corrected chi connectivity index (χ4v) is 4.72. The highest BCUT2D eigenvalue weighted by molar-refractivity contribution is 14.1. The van der Waals surface area contributed by atoms with Gasteiger partial charge in [-0.1, -0.05) is 11.6 Å². The number of aliphatic hydroxyl groups is 1. The van der Waals surface area contributed by atoms with E-state index in [-0.39, 0.29) is 16.2 Å². The van der Waals surface area contributed by atoms with Crippen LogP contribution in [-0.4, -0.2) is 13.5 Å². The van der Waals surface area contributed by atoms with Crippen molar-refractivity contribution in [2.24, 2.45) is 0 Å². The molecule has 1 heterocycles. The van der Waals surface area contributed by atoms with E-state index in [1.165, 1.54) is 0 Å². The molecular formula is C13H13ClINO4S. The standard InChI is InChI=1S/C13H13ClINO4S/c1-7-10(6-17)13(8(2)20-7)21(18,19)16-12-4-3-9(14)5-11(12)15/h3-5,16-17H,6H2,1-2H3. The van der Waals surface area contributed by atoms with Gasteiger partial charge in [-0.05, 0) is 54.6 Å². The van der Waals surface area contributed by atoms with Crippen molar-refractivity contribution in [3.05, 3.63) is 43.9 Å². The highest BCUT2D eigenvalue weighted by Gasteiger charge is 2.27. The molecule has 0 radical (unpaired) electrons. The van der Waals surface area contributed by atoms with E-state index in [9.17, 15) is 13.5 Å². The minimum atomic E-state index is -3.85. The largest absolute Gasteiger partial charge is 0.465 e. The summed E-state index contributed by atoms with van der Waals surface area (Å²) >= 11 is 7.84. The predicted octanol–water partition coefficient (Wildman–Crippen LogP) is 3.45. The zero-order valence-corrected chi connectivity index (χ0v) is 15.0. The Hall–Kier alpha value is -0.770. The van der Waals surface area contributed by atoms with Gasteiger partial charge in [0.1, 0.15) is 16.4 Å². The van der Waals surface area contributed by atoms with Crippen LogP contribution in [0.1, 0.15) is 17.1 Å². The van der Waals surface area contributed by atoms with Crippen LogP contribution in [0.5, 0.6) is 0 Å². The summed E-state index contributed by atoms with van der Waals surface area (Å²) in [5, 5.41) is 9.88. The van der Waals surface area contributed by atoms with Crippen molar-refractivity contribution in [3.8, 4) is 0 Å². The Kier molecular flexibility index (Phi) is 4.86. The minimum absolute atomic E-state index is 0.0201. The Morgan fingerprint density at radius 1 is 1.33 bits per heavy atom. The van der Waals surface area contributed by atoms with Crippen molar-refractivity contribution < 1.29 is 17.9 Å². The number of nitrogens with one attached hydrogen (secondary N) is 1. The lowest BCUT2D eigenvalue weighted by atomic mass is 10.2. The first-order valence-electron chi connectivity index (χ1n) is 5.94. The Morgan fingerprint density at radius 3 is 2.57 bits per heavy atom. The van der Waals surface area contributed by atoms with Crippen molar-refractivity contribution in [2.45, 2.75) is 25.3 Å². The molecule has 0 aliphatic rings. The quantitative estimate of drug-likeness (QED) is 0.712. The van der Waals surface area contributed by atoms with Crippen LogP contribution in [0, 0.1) is 17.4 Å². The molecule has 0 bridgehead atoms. The summed E-state index contributed by atoms with van der Waals surface area (Å²) in [6, 6.07) is 4.84. The first-order valence-corrected chi connectivity index (χ1v) is 8.88. The Bertz CT molecular complexity index is 786. The molecule has 0 spiro atoms. The van der Waals surface area contributed by atoms with Gasteiger partial charge in [0.2, 0.25) is 0 Å². The monoisotopic (exact) mass is 441 g/mol. The van der Waals surface area contributed by atoms with Crippen molar-refractivity contribution in [2.75, 3.05) is 4.72 Å². The van der Waals surface area contributed by atoms with E-state index in [1.807, 2.05) is 22.6 Å². The molecular weight excluding hydrogens is 429 g/mol. The van der Waals surface area contributed by atoms with Crippen molar-refractivity contribution in [3.63, 3.8) is 0 Å². The maximum Gasteiger partial charge on any atom is 0.265 e. The number of hydrogen-bond donors (Lipinski definition) is 2. The van der Waals surface area contributed by atoms with Gasteiger partial charge in [-0.15, -0.1) is 0 Å². The van der Waals surface area contributed by atoms with Crippen LogP contribution >= 0.6 is 34.2 Å². The van der Waals surface area contributed by atoms with Gasteiger partial charge < -0.3 is 9.52 Å². The molecule has 0 aliphatic heterocycles. The summed E-state index contributed by atoms with van der Waals surface area (Å²) in [6.07, 6.45) is 0. The highest BCUT2D eigenvalue weighted by atomic mass is 127. The molecule has 0 amide bonds. The summed E-state index contributed by atoms with van der Waals surface area (Å²) in [7, 11) is -3.85.